The molecule has 33 heavy (non-hydrogen) atoms. The summed E-state index contributed by atoms with van der Waals surface area (Å²) in [6, 6.07) is 15.3. The van der Waals surface area contributed by atoms with Crippen LogP contribution in [0.3, 0.4) is 0 Å². The van der Waals surface area contributed by atoms with E-state index in [1.807, 2.05) is 42.5 Å². The number of rotatable bonds is 7. The summed E-state index contributed by atoms with van der Waals surface area (Å²) >= 11 is 0. The van der Waals surface area contributed by atoms with Crippen molar-refractivity contribution in [1.82, 2.24) is 9.88 Å². The minimum Gasteiger partial charge on any atom is -0.493 e. The summed E-state index contributed by atoms with van der Waals surface area (Å²) in [5.74, 6) is 1.37. The SMILES string of the molecule is CCCOc1ccccc1CN1CCCC(/C(N)=N/C(=O)Nc2cccc3cnccc23)C1. The highest BCUT2D eigenvalue weighted by Crippen LogP contribution is 2.25. The summed E-state index contributed by atoms with van der Waals surface area (Å²) in [7, 11) is 0. The van der Waals surface area contributed by atoms with Crippen molar-refractivity contribution in [1.29, 1.82) is 0 Å². The fourth-order valence-electron chi connectivity index (χ4n) is 4.25. The summed E-state index contributed by atoms with van der Waals surface area (Å²) in [5.41, 5.74) is 8.17. The Morgan fingerprint density at radius 3 is 3.00 bits per heavy atom. The number of aliphatic imine (C=N–C) groups is 1. The number of carbonyl (C=O) groups excluding carboxylic acids is 1. The Labute approximate surface area is 194 Å². The molecule has 0 radical (unpaired) electrons. The van der Waals surface area contributed by atoms with Crippen molar-refractivity contribution in [2.45, 2.75) is 32.7 Å². The van der Waals surface area contributed by atoms with Crippen molar-refractivity contribution in [2.75, 3.05) is 25.0 Å². The topological polar surface area (TPSA) is 92.8 Å². The van der Waals surface area contributed by atoms with E-state index in [0.717, 1.165) is 55.4 Å². The third kappa shape index (κ3) is 5.87. The number of likely N-dealkylation sites (tertiary alicyclic amines) is 1. The molecule has 1 unspecified atom stereocenters. The van der Waals surface area contributed by atoms with Gasteiger partial charge in [0.05, 0.1) is 12.3 Å². The number of amidine groups is 1. The molecule has 4 rings (SSSR count). The lowest BCUT2D eigenvalue weighted by atomic mass is 9.96. The summed E-state index contributed by atoms with van der Waals surface area (Å²) in [6.07, 6.45) is 6.39. The first kappa shape index (κ1) is 22.7. The Balaban J connectivity index is 1.40. The highest BCUT2D eigenvalue weighted by Gasteiger charge is 2.24. The molecule has 0 aliphatic carbocycles. The van der Waals surface area contributed by atoms with Crippen LogP contribution in [0.15, 0.2) is 65.9 Å². The fraction of sp³-hybridized carbons (Fsp3) is 0.346. The quantitative estimate of drug-likeness (QED) is 0.402. The second kappa shape index (κ2) is 10.9. The minimum atomic E-state index is -0.452. The normalized spacial score (nSPS) is 17.1. The smallest absolute Gasteiger partial charge is 0.347 e. The molecule has 1 aromatic heterocycles. The number of amides is 2. The summed E-state index contributed by atoms with van der Waals surface area (Å²) in [4.78, 5) is 23.3. The highest BCUT2D eigenvalue weighted by molar-refractivity contribution is 6.05. The van der Waals surface area contributed by atoms with E-state index in [-0.39, 0.29) is 5.92 Å². The second-order valence-corrected chi connectivity index (χ2v) is 8.40. The molecule has 0 spiro atoms. The standard InChI is InChI=1S/C26H31N5O2/c1-2-15-33-24-11-4-3-7-20(24)17-31-14-6-9-21(18-31)25(27)30-26(32)29-23-10-5-8-19-16-28-13-12-22(19)23/h3-5,7-8,10-13,16,21H,2,6,9,14-15,17-18H2,1H3,(H3,27,29,30,32). The molecule has 1 saturated heterocycles. The first-order valence-corrected chi connectivity index (χ1v) is 11.5. The van der Waals surface area contributed by atoms with E-state index in [1.165, 1.54) is 5.56 Å². The molecule has 2 heterocycles. The Bertz CT molecular complexity index is 1130. The average molecular weight is 446 g/mol. The average Bonchev–Trinajstić information content (AvgIpc) is 2.84. The first-order chi connectivity index (χ1) is 16.1. The van der Waals surface area contributed by atoms with Crippen molar-refractivity contribution >= 4 is 28.3 Å². The number of para-hydroxylation sites is 1. The van der Waals surface area contributed by atoms with Crippen LogP contribution in [0.4, 0.5) is 10.5 Å². The zero-order valence-electron chi connectivity index (χ0n) is 19.0. The lowest BCUT2D eigenvalue weighted by Gasteiger charge is -2.32. The van der Waals surface area contributed by atoms with Gasteiger partial charge in [-0.05, 0) is 44.0 Å². The van der Waals surface area contributed by atoms with Gasteiger partial charge >= 0.3 is 6.03 Å². The monoisotopic (exact) mass is 445 g/mol. The number of hydrogen-bond donors (Lipinski definition) is 2. The number of benzene rings is 2. The molecule has 2 aromatic carbocycles. The number of fused-ring (bicyclic) bond motifs is 1. The zero-order chi connectivity index (χ0) is 23.0. The van der Waals surface area contributed by atoms with Gasteiger partial charge < -0.3 is 15.8 Å². The number of nitrogens with two attached hydrogens (primary N) is 1. The van der Waals surface area contributed by atoms with Crippen LogP contribution in [-0.2, 0) is 6.54 Å². The maximum atomic E-state index is 12.6. The fourth-order valence-corrected chi connectivity index (χ4v) is 4.25. The van der Waals surface area contributed by atoms with E-state index < -0.39 is 6.03 Å². The molecule has 172 valence electrons. The lowest BCUT2D eigenvalue weighted by Crippen LogP contribution is -2.41. The molecule has 1 aliphatic rings. The van der Waals surface area contributed by atoms with Gasteiger partial charge in [-0.1, -0.05) is 37.3 Å². The molecule has 0 bridgehead atoms. The van der Waals surface area contributed by atoms with Gasteiger partial charge in [-0.3, -0.25) is 9.88 Å². The second-order valence-electron chi connectivity index (χ2n) is 8.40. The third-order valence-electron chi connectivity index (χ3n) is 5.91. The number of hydrogen-bond acceptors (Lipinski definition) is 4. The minimum absolute atomic E-state index is 0.0462. The molecular formula is C26H31N5O2. The van der Waals surface area contributed by atoms with E-state index in [1.54, 1.807) is 12.4 Å². The van der Waals surface area contributed by atoms with Gasteiger partial charge in [0, 0.05) is 47.7 Å². The van der Waals surface area contributed by atoms with Crippen LogP contribution < -0.4 is 15.8 Å². The lowest BCUT2D eigenvalue weighted by molar-refractivity contribution is 0.192. The van der Waals surface area contributed by atoms with Gasteiger partial charge in [0.25, 0.3) is 0 Å². The first-order valence-electron chi connectivity index (χ1n) is 11.5. The third-order valence-corrected chi connectivity index (χ3v) is 5.91. The number of pyridine rings is 1. The largest absolute Gasteiger partial charge is 0.493 e. The van der Waals surface area contributed by atoms with E-state index in [9.17, 15) is 4.79 Å². The summed E-state index contributed by atoms with van der Waals surface area (Å²) < 4.78 is 5.91. The van der Waals surface area contributed by atoms with Gasteiger partial charge in [-0.2, -0.15) is 4.99 Å². The number of urea groups is 1. The van der Waals surface area contributed by atoms with Gasteiger partial charge in [0.15, 0.2) is 0 Å². The van der Waals surface area contributed by atoms with Crippen molar-refractivity contribution in [3.63, 3.8) is 0 Å². The van der Waals surface area contributed by atoms with Gasteiger partial charge in [-0.15, -0.1) is 0 Å². The molecule has 2 amide bonds. The Kier molecular flexibility index (Phi) is 7.52. The molecule has 3 aromatic rings. The van der Waals surface area contributed by atoms with Crippen molar-refractivity contribution in [2.24, 2.45) is 16.6 Å². The van der Waals surface area contributed by atoms with Gasteiger partial charge in [0.1, 0.15) is 11.6 Å². The molecule has 3 N–H and O–H groups in total. The van der Waals surface area contributed by atoms with Crippen LogP contribution in [0.2, 0.25) is 0 Å². The molecule has 1 atom stereocenters. The number of nitrogens with zero attached hydrogens (tertiary/aromatic N) is 3. The Hall–Kier alpha value is -3.45. The maximum absolute atomic E-state index is 12.6. The summed E-state index contributed by atoms with van der Waals surface area (Å²) in [5, 5.41) is 4.74. The van der Waals surface area contributed by atoms with Crippen LogP contribution >= 0.6 is 0 Å². The van der Waals surface area contributed by atoms with Gasteiger partial charge in [-0.25, -0.2) is 4.79 Å². The predicted octanol–water partition coefficient (Wildman–Crippen LogP) is 4.82. The predicted molar refractivity (Wildman–Crippen MR) is 133 cm³/mol. The van der Waals surface area contributed by atoms with E-state index in [2.05, 4.69) is 33.2 Å². The molecule has 7 heteroatoms. The molecule has 1 fully saturated rings. The van der Waals surface area contributed by atoms with Crippen molar-refractivity contribution in [3.8, 4) is 5.75 Å². The zero-order valence-corrected chi connectivity index (χ0v) is 19.0. The Morgan fingerprint density at radius 2 is 2.12 bits per heavy atom. The van der Waals surface area contributed by atoms with E-state index in [4.69, 9.17) is 10.5 Å². The number of ether oxygens (including phenoxy) is 1. The van der Waals surface area contributed by atoms with Crippen LogP contribution in [0.5, 0.6) is 5.75 Å². The van der Waals surface area contributed by atoms with Crippen molar-refractivity contribution < 1.29 is 9.53 Å². The van der Waals surface area contributed by atoms with Crippen LogP contribution in [0, 0.1) is 5.92 Å². The Morgan fingerprint density at radius 1 is 1.24 bits per heavy atom. The summed E-state index contributed by atoms with van der Waals surface area (Å²) in [6.45, 7) is 5.36. The van der Waals surface area contributed by atoms with Crippen LogP contribution in [0.25, 0.3) is 10.8 Å². The molecular weight excluding hydrogens is 414 g/mol. The number of carbonyl (C=O) groups is 1. The molecule has 1 aliphatic heterocycles. The van der Waals surface area contributed by atoms with E-state index in [0.29, 0.717) is 18.1 Å². The van der Waals surface area contributed by atoms with Crippen LogP contribution in [-0.4, -0.2) is 41.4 Å². The maximum Gasteiger partial charge on any atom is 0.347 e. The number of nitrogens with one attached hydrogen (secondary N) is 1. The van der Waals surface area contributed by atoms with Crippen molar-refractivity contribution in [3.05, 3.63) is 66.5 Å². The number of aromatic nitrogens is 1. The number of anilines is 1. The molecule has 0 saturated carbocycles. The number of piperidine rings is 1. The van der Waals surface area contributed by atoms with Gasteiger partial charge in [0.2, 0.25) is 0 Å². The highest BCUT2D eigenvalue weighted by atomic mass is 16.5. The van der Waals surface area contributed by atoms with E-state index >= 15 is 0 Å². The van der Waals surface area contributed by atoms with Crippen LogP contribution in [0.1, 0.15) is 31.7 Å². The molecule has 7 nitrogen and oxygen atoms in total.